The van der Waals surface area contributed by atoms with E-state index in [1.165, 1.54) is 6.92 Å². The third kappa shape index (κ3) is 5.40. The molecular formula is C21H28N2O3S. The van der Waals surface area contributed by atoms with E-state index in [0.29, 0.717) is 0 Å². The van der Waals surface area contributed by atoms with Crippen LogP contribution in [0.2, 0.25) is 0 Å². The van der Waals surface area contributed by atoms with Crippen LogP contribution in [0.15, 0.2) is 53.4 Å². The van der Waals surface area contributed by atoms with Crippen molar-refractivity contribution in [3.8, 4) is 0 Å². The molecule has 0 saturated carbocycles. The van der Waals surface area contributed by atoms with Crippen LogP contribution in [0, 0.1) is 6.92 Å². The average Bonchev–Trinajstić information content (AvgIpc) is 2.58. The molecule has 2 rings (SSSR count). The molecule has 0 unspecified atom stereocenters. The molecule has 146 valence electrons. The number of nitrogens with zero attached hydrogens (tertiary/aromatic N) is 1. The summed E-state index contributed by atoms with van der Waals surface area (Å²) in [4.78, 5) is 14.1. The number of carbonyl (C=O) groups is 1. The van der Waals surface area contributed by atoms with E-state index in [2.05, 4.69) is 25.5 Å². The monoisotopic (exact) mass is 388 g/mol. The van der Waals surface area contributed by atoms with Crippen molar-refractivity contribution < 1.29 is 13.2 Å². The van der Waals surface area contributed by atoms with Gasteiger partial charge in [0.25, 0.3) is 0 Å². The number of benzene rings is 2. The van der Waals surface area contributed by atoms with Crippen molar-refractivity contribution in [1.82, 2.24) is 4.72 Å². The summed E-state index contributed by atoms with van der Waals surface area (Å²) in [5, 5.41) is 0. The number of hydrogen-bond acceptors (Lipinski definition) is 3. The molecular weight excluding hydrogens is 360 g/mol. The van der Waals surface area contributed by atoms with Gasteiger partial charge in [-0.3, -0.25) is 4.79 Å². The molecule has 27 heavy (non-hydrogen) atoms. The maximum Gasteiger partial charge on any atom is 0.240 e. The van der Waals surface area contributed by atoms with E-state index in [4.69, 9.17) is 0 Å². The Morgan fingerprint density at radius 3 is 2.19 bits per heavy atom. The van der Waals surface area contributed by atoms with E-state index in [-0.39, 0.29) is 29.3 Å². The minimum absolute atomic E-state index is 0.124. The zero-order chi connectivity index (χ0) is 20.2. The lowest BCUT2D eigenvalue weighted by molar-refractivity contribution is -0.116. The fraction of sp³-hybridized carbons (Fsp3) is 0.381. The highest BCUT2D eigenvalue weighted by Gasteiger charge is 2.23. The number of para-hydroxylation sites is 1. The van der Waals surface area contributed by atoms with Crippen molar-refractivity contribution in [1.29, 1.82) is 0 Å². The summed E-state index contributed by atoms with van der Waals surface area (Å²) >= 11 is 0. The van der Waals surface area contributed by atoms with Crippen molar-refractivity contribution in [2.75, 3.05) is 18.0 Å². The van der Waals surface area contributed by atoms with Crippen LogP contribution < -0.4 is 9.62 Å². The largest absolute Gasteiger partial charge is 0.311 e. The SMILES string of the molecule is CC(=O)N(CCNS(=O)(=O)c1ccc(C)cc1)c1ccccc1C(C)(C)C. The summed E-state index contributed by atoms with van der Waals surface area (Å²) in [5.74, 6) is -0.124. The second kappa shape index (κ2) is 8.23. The molecule has 2 aromatic rings. The minimum atomic E-state index is -3.61. The topological polar surface area (TPSA) is 66.5 Å². The first-order chi connectivity index (χ1) is 12.5. The molecule has 0 aliphatic heterocycles. The van der Waals surface area contributed by atoms with E-state index < -0.39 is 10.0 Å². The number of nitrogens with one attached hydrogen (secondary N) is 1. The standard InChI is InChI=1S/C21H28N2O3S/c1-16-10-12-18(13-11-16)27(25,26)22-14-15-23(17(2)24)20-9-7-6-8-19(20)21(3,4)5/h6-13,22H,14-15H2,1-5H3. The summed E-state index contributed by atoms with van der Waals surface area (Å²) in [6.07, 6.45) is 0. The summed E-state index contributed by atoms with van der Waals surface area (Å²) < 4.78 is 27.5. The Hall–Kier alpha value is -2.18. The normalized spacial score (nSPS) is 12.0. The first-order valence-corrected chi connectivity index (χ1v) is 10.4. The highest BCUT2D eigenvalue weighted by molar-refractivity contribution is 7.89. The van der Waals surface area contributed by atoms with Gasteiger partial charge in [0.15, 0.2) is 0 Å². The fourth-order valence-corrected chi connectivity index (χ4v) is 3.90. The van der Waals surface area contributed by atoms with Crippen molar-refractivity contribution >= 4 is 21.6 Å². The number of amides is 1. The van der Waals surface area contributed by atoms with E-state index in [0.717, 1.165) is 16.8 Å². The van der Waals surface area contributed by atoms with Crippen LogP contribution in [0.25, 0.3) is 0 Å². The van der Waals surface area contributed by atoms with Crippen molar-refractivity contribution in [2.24, 2.45) is 0 Å². The highest BCUT2D eigenvalue weighted by atomic mass is 32.2. The van der Waals surface area contributed by atoms with Gasteiger partial charge in [0, 0.05) is 25.7 Å². The summed E-state index contributed by atoms with van der Waals surface area (Å²) in [7, 11) is -3.61. The molecule has 5 nitrogen and oxygen atoms in total. The van der Waals surface area contributed by atoms with Gasteiger partial charge in [-0.2, -0.15) is 0 Å². The molecule has 0 radical (unpaired) electrons. The molecule has 1 amide bonds. The lowest BCUT2D eigenvalue weighted by atomic mass is 9.85. The van der Waals surface area contributed by atoms with Crippen LogP contribution >= 0.6 is 0 Å². The zero-order valence-corrected chi connectivity index (χ0v) is 17.4. The maximum atomic E-state index is 12.4. The van der Waals surface area contributed by atoms with Crippen LogP contribution in [0.4, 0.5) is 5.69 Å². The van der Waals surface area contributed by atoms with Gasteiger partial charge in [-0.05, 0) is 36.1 Å². The molecule has 0 aromatic heterocycles. The molecule has 0 fully saturated rings. The molecule has 0 aliphatic rings. The smallest absolute Gasteiger partial charge is 0.240 e. The highest BCUT2D eigenvalue weighted by Crippen LogP contribution is 2.31. The predicted molar refractivity (Wildman–Crippen MR) is 110 cm³/mol. The number of sulfonamides is 1. The van der Waals surface area contributed by atoms with Gasteiger partial charge in [0.1, 0.15) is 0 Å². The molecule has 2 aromatic carbocycles. The van der Waals surface area contributed by atoms with E-state index in [9.17, 15) is 13.2 Å². The Morgan fingerprint density at radius 2 is 1.63 bits per heavy atom. The Bertz CT molecular complexity index is 898. The Balaban J connectivity index is 2.17. The maximum absolute atomic E-state index is 12.4. The molecule has 0 aliphatic carbocycles. The summed E-state index contributed by atoms with van der Waals surface area (Å²) in [5.41, 5.74) is 2.72. The minimum Gasteiger partial charge on any atom is -0.311 e. The van der Waals surface area contributed by atoms with Gasteiger partial charge in [0.2, 0.25) is 15.9 Å². The number of aryl methyl sites for hydroxylation is 1. The van der Waals surface area contributed by atoms with Gasteiger partial charge in [-0.25, -0.2) is 13.1 Å². The number of rotatable bonds is 6. The average molecular weight is 389 g/mol. The van der Waals surface area contributed by atoms with Gasteiger partial charge < -0.3 is 4.90 Å². The number of carbonyl (C=O) groups excluding carboxylic acids is 1. The summed E-state index contributed by atoms with van der Waals surface area (Å²) in [6, 6.07) is 14.4. The quantitative estimate of drug-likeness (QED) is 0.822. The number of anilines is 1. The Kier molecular flexibility index (Phi) is 6.44. The lowest BCUT2D eigenvalue weighted by Crippen LogP contribution is -2.38. The number of hydrogen-bond donors (Lipinski definition) is 1. The molecule has 0 spiro atoms. The molecule has 0 heterocycles. The van der Waals surface area contributed by atoms with Crippen molar-refractivity contribution in [3.63, 3.8) is 0 Å². The molecule has 6 heteroatoms. The van der Waals surface area contributed by atoms with Crippen LogP contribution in [-0.4, -0.2) is 27.4 Å². The van der Waals surface area contributed by atoms with E-state index >= 15 is 0 Å². The zero-order valence-electron chi connectivity index (χ0n) is 16.6. The van der Waals surface area contributed by atoms with Gasteiger partial charge in [0.05, 0.1) is 4.90 Å². The Labute approximate surface area is 162 Å². The third-order valence-electron chi connectivity index (χ3n) is 4.34. The summed E-state index contributed by atoms with van der Waals surface area (Å²) in [6.45, 7) is 10.1. The van der Waals surface area contributed by atoms with Crippen LogP contribution in [0.5, 0.6) is 0 Å². The van der Waals surface area contributed by atoms with Gasteiger partial charge in [-0.15, -0.1) is 0 Å². The Morgan fingerprint density at radius 1 is 1.04 bits per heavy atom. The lowest BCUT2D eigenvalue weighted by Gasteiger charge is -2.29. The van der Waals surface area contributed by atoms with Gasteiger partial charge in [-0.1, -0.05) is 56.7 Å². The molecule has 0 saturated heterocycles. The molecule has 0 atom stereocenters. The molecule has 0 bridgehead atoms. The van der Waals surface area contributed by atoms with Crippen LogP contribution in [0.1, 0.15) is 38.8 Å². The first kappa shape index (κ1) is 21.1. The van der Waals surface area contributed by atoms with Crippen LogP contribution in [0.3, 0.4) is 0 Å². The van der Waals surface area contributed by atoms with Gasteiger partial charge >= 0.3 is 0 Å². The molecule has 1 N–H and O–H groups in total. The van der Waals surface area contributed by atoms with E-state index in [1.807, 2.05) is 31.2 Å². The fourth-order valence-electron chi connectivity index (χ4n) is 2.88. The predicted octanol–water partition coefficient (Wildman–Crippen LogP) is 3.62. The second-order valence-corrected chi connectivity index (χ2v) is 9.42. The van der Waals surface area contributed by atoms with Crippen molar-refractivity contribution in [3.05, 3.63) is 59.7 Å². The van der Waals surface area contributed by atoms with Crippen LogP contribution in [-0.2, 0) is 20.2 Å². The first-order valence-electron chi connectivity index (χ1n) is 8.96. The van der Waals surface area contributed by atoms with E-state index in [1.54, 1.807) is 29.2 Å². The third-order valence-corrected chi connectivity index (χ3v) is 5.82. The second-order valence-electron chi connectivity index (χ2n) is 7.65. The van der Waals surface area contributed by atoms with Crippen molar-refractivity contribution in [2.45, 2.75) is 44.9 Å².